The fraction of sp³-hybridized carbons (Fsp3) is 0.636. The topological polar surface area (TPSA) is 93.0 Å². The van der Waals surface area contributed by atoms with Crippen LogP contribution in [-0.4, -0.2) is 34.9 Å². The number of rotatable bonds is 2. The molecular weight excluding hydrogens is 220 g/mol. The molecule has 17 heavy (non-hydrogen) atoms. The number of nitrogens with one attached hydrogen (secondary N) is 2. The number of hydrogen-bond acceptors (Lipinski definition) is 4. The Hall–Kier alpha value is -1.40. The van der Waals surface area contributed by atoms with Gasteiger partial charge in [0.25, 0.3) is 0 Å². The van der Waals surface area contributed by atoms with Crippen LogP contribution in [0.15, 0.2) is 0 Å². The van der Waals surface area contributed by atoms with Gasteiger partial charge in [0, 0.05) is 13.2 Å². The van der Waals surface area contributed by atoms with Crippen molar-refractivity contribution < 1.29 is 9.53 Å². The third kappa shape index (κ3) is 2.32. The van der Waals surface area contributed by atoms with Crippen molar-refractivity contribution in [2.45, 2.75) is 32.2 Å². The second kappa shape index (κ2) is 4.46. The van der Waals surface area contributed by atoms with E-state index in [1.807, 2.05) is 13.8 Å². The molecule has 0 spiro atoms. The lowest BCUT2D eigenvalue weighted by molar-refractivity contribution is -0.124. The zero-order valence-corrected chi connectivity index (χ0v) is 10.2. The van der Waals surface area contributed by atoms with Crippen LogP contribution in [0, 0.1) is 13.8 Å². The van der Waals surface area contributed by atoms with Crippen molar-refractivity contribution in [1.82, 2.24) is 10.2 Å². The zero-order chi connectivity index (χ0) is 12.5. The Labute approximate surface area is 99.9 Å². The maximum absolute atomic E-state index is 12.2. The fourth-order valence-electron chi connectivity index (χ4n) is 1.94. The quantitative estimate of drug-likeness (QED) is 0.698. The number of nitrogens with zero attached hydrogens (tertiary/aromatic N) is 1. The van der Waals surface area contributed by atoms with E-state index in [1.54, 1.807) is 0 Å². The van der Waals surface area contributed by atoms with Gasteiger partial charge in [0.05, 0.1) is 17.1 Å². The molecule has 1 saturated heterocycles. The van der Waals surface area contributed by atoms with E-state index in [1.165, 1.54) is 0 Å². The molecule has 2 rings (SSSR count). The maximum Gasteiger partial charge on any atom is 0.244 e. The number of H-pyrrole nitrogens is 1. The molecule has 0 unspecified atom stereocenters. The summed E-state index contributed by atoms with van der Waals surface area (Å²) < 4.78 is 5.22. The standard InChI is InChI=1S/C11H18N4O2/c1-7-9(8(2)15-14-7)13-10(16)11(12)3-5-17-6-4-11/h3-6,12H2,1-2H3,(H,13,16)(H,14,15). The van der Waals surface area contributed by atoms with Gasteiger partial charge in [-0.3, -0.25) is 9.89 Å². The molecule has 0 aliphatic carbocycles. The van der Waals surface area contributed by atoms with Crippen LogP contribution in [0.25, 0.3) is 0 Å². The van der Waals surface area contributed by atoms with Crippen LogP contribution < -0.4 is 11.1 Å². The molecule has 0 radical (unpaired) electrons. The molecule has 1 aromatic heterocycles. The molecule has 0 aromatic carbocycles. The summed E-state index contributed by atoms with van der Waals surface area (Å²) in [5.41, 5.74) is 7.61. The summed E-state index contributed by atoms with van der Waals surface area (Å²) in [5.74, 6) is -0.159. The van der Waals surface area contributed by atoms with Gasteiger partial charge in [-0.05, 0) is 26.7 Å². The van der Waals surface area contributed by atoms with Crippen LogP contribution in [0.5, 0.6) is 0 Å². The Balaban J connectivity index is 2.11. The summed E-state index contributed by atoms with van der Waals surface area (Å²) in [6.07, 6.45) is 1.10. The van der Waals surface area contributed by atoms with E-state index < -0.39 is 5.54 Å². The maximum atomic E-state index is 12.2. The van der Waals surface area contributed by atoms with E-state index in [0.29, 0.717) is 26.1 Å². The Morgan fingerprint density at radius 2 is 2.12 bits per heavy atom. The Morgan fingerprint density at radius 3 is 2.65 bits per heavy atom. The fourth-order valence-corrected chi connectivity index (χ4v) is 1.94. The highest BCUT2D eigenvalue weighted by molar-refractivity contribution is 5.98. The minimum atomic E-state index is -0.825. The van der Waals surface area contributed by atoms with Crippen LogP contribution in [0.4, 0.5) is 5.69 Å². The third-order valence-electron chi connectivity index (χ3n) is 3.20. The highest BCUT2D eigenvalue weighted by Gasteiger charge is 2.36. The van der Waals surface area contributed by atoms with Gasteiger partial charge in [-0.15, -0.1) is 0 Å². The van der Waals surface area contributed by atoms with Gasteiger partial charge >= 0.3 is 0 Å². The normalized spacial score (nSPS) is 19.0. The molecule has 1 fully saturated rings. The predicted molar refractivity (Wildman–Crippen MR) is 63.7 cm³/mol. The van der Waals surface area contributed by atoms with Crippen molar-refractivity contribution >= 4 is 11.6 Å². The zero-order valence-electron chi connectivity index (χ0n) is 10.2. The Kier molecular flexibility index (Phi) is 3.17. The lowest BCUT2D eigenvalue weighted by Gasteiger charge is -2.31. The summed E-state index contributed by atoms with van der Waals surface area (Å²) in [6.45, 7) is 4.77. The van der Waals surface area contributed by atoms with Gasteiger partial charge in [0.2, 0.25) is 5.91 Å². The van der Waals surface area contributed by atoms with E-state index in [2.05, 4.69) is 15.5 Å². The molecule has 6 nitrogen and oxygen atoms in total. The third-order valence-corrected chi connectivity index (χ3v) is 3.20. The molecule has 0 bridgehead atoms. The van der Waals surface area contributed by atoms with Crippen molar-refractivity contribution in [3.05, 3.63) is 11.4 Å². The van der Waals surface area contributed by atoms with Crippen molar-refractivity contribution in [3.63, 3.8) is 0 Å². The van der Waals surface area contributed by atoms with Crippen LogP contribution in [0.2, 0.25) is 0 Å². The average Bonchev–Trinajstić information content (AvgIpc) is 2.62. The van der Waals surface area contributed by atoms with Gasteiger partial charge in [-0.1, -0.05) is 0 Å². The van der Waals surface area contributed by atoms with Gasteiger partial charge < -0.3 is 15.8 Å². The molecule has 4 N–H and O–H groups in total. The average molecular weight is 238 g/mol. The predicted octanol–water partition coefficient (Wildman–Crippen LogP) is 0.473. The molecule has 2 heterocycles. The largest absolute Gasteiger partial charge is 0.381 e. The molecular formula is C11H18N4O2. The van der Waals surface area contributed by atoms with E-state index >= 15 is 0 Å². The van der Waals surface area contributed by atoms with Crippen LogP contribution in [0.3, 0.4) is 0 Å². The number of ether oxygens (including phenoxy) is 1. The molecule has 0 saturated carbocycles. The monoisotopic (exact) mass is 238 g/mol. The number of aryl methyl sites for hydroxylation is 2. The first-order valence-electron chi connectivity index (χ1n) is 5.72. The summed E-state index contributed by atoms with van der Waals surface area (Å²) >= 11 is 0. The van der Waals surface area contributed by atoms with Crippen LogP contribution >= 0.6 is 0 Å². The number of carbonyl (C=O) groups excluding carboxylic acids is 1. The van der Waals surface area contributed by atoms with Gasteiger partial charge in [0.1, 0.15) is 5.54 Å². The van der Waals surface area contributed by atoms with Gasteiger partial charge in [-0.25, -0.2) is 0 Å². The summed E-state index contributed by atoms with van der Waals surface area (Å²) in [5, 5.41) is 9.71. The smallest absolute Gasteiger partial charge is 0.244 e. The first-order valence-corrected chi connectivity index (χ1v) is 5.72. The minimum Gasteiger partial charge on any atom is -0.381 e. The molecule has 1 amide bonds. The molecule has 1 aromatic rings. The van der Waals surface area contributed by atoms with E-state index in [9.17, 15) is 4.79 Å². The molecule has 94 valence electrons. The van der Waals surface area contributed by atoms with Crippen LogP contribution in [-0.2, 0) is 9.53 Å². The van der Waals surface area contributed by atoms with Gasteiger partial charge in [-0.2, -0.15) is 5.10 Å². The SMILES string of the molecule is Cc1n[nH]c(C)c1NC(=O)C1(N)CCOCC1. The number of anilines is 1. The number of hydrogen-bond donors (Lipinski definition) is 3. The van der Waals surface area contributed by atoms with E-state index in [4.69, 9.17) is 10.5 Å². The van der Waals surface area contributed by atoms with Crippen molar-refractivity contribution in [1.29, 1.82) is 0 Å². The summed E-state index contributed by atoms with van der Waals surface area (Å²) in [7, 11) is 0. The van der Waals surface area contributed by atoms with Crippen LogP contribution in [0.1, 0.15) is 24.2 Å². The highest BCUT2D eigenvalue weighted by atomic mass is 16.5. The van der Waals surface area contributed by atoms with E-state index in [-0.39, 0.29) is 5.91 Å². The van der Waals surface area contributed by atoms with Crippen molar-refractivity contribution in [2.24, 2.45) is 5.73 Å². The second-order valence-corrected chi connectivity index (χ2v) is 4.53. The minimum absolute atomic E-state index is 0.159. The first kappa shape index (κ1) is 12.1. The number of aromatic amines is 1. The lowest BCUT2D eigenvalue weighted by Crippen LogP contribution is -2.54. The number of amides is 1. The Morgan fingerprint density at radius 1 is 1.47 bits per heavy atom. The van der Waals surface area contributed by atoms with Crippen molar-refractivity contribution in [2.75, 3.05) is 18.5 Å². The molecule has 6 heteroatoms. The van der Waals surface area contributed by atoms with Crippen molar-refractivity contribution in [3.8, 4) is 0 Å². The molecule has 0 atom stereocenters. The summed E-state index contributed by atoms with van der Waals surface area (Å²) in [6, 6.07) is 0. The summed E-state index contributed by atoms with van der Waals surface area (Å²) in [4.78, 5) is 12.2. The second-order valence-electron chi connectivity index (χ2n) is 4.53. The number of aromatic nitrogens is 2. The molecule has 1 aliphatic rings. The number of nitrogens with two attached hydrogens (primary N) is 1. The number of carbonyl (C=O) groups is 1. The lowest BCUT2D eigenvalue weighted by atomic mass is 9.90. The first-order chi connectivity index (χ1) is 8.03. The van der Waals surface area contributed by atoms with Gasteiger partial charge in [0.15, 0.2) is 0 Å². The molecule has 1 aliphatic heterocycles. The Bertz CT molecular complexity index is 402. The van der Waals surface area contributed by atoms with E-state index in [0.717, 1.165) is 17.1 Å². The highest BCUT2D eigenvalue weighted by Crippen LogP contribution is 2.22.